The molecular formula is C29H34F2N2O5. The first-order chi connectivity index (χ1) is 18.1. The van der Waals surface area contributed by atoms with Crippen molar-refractivity contribution in [2.24, 2.45) is 5.73 Å². The zero-order chi connectivity index (χ0) is 27.8. The standard InChI is InChI=1S/C29H34F2N2O5/c1-18(12-13-21-14-16-22(17-15-21)27(32)36)33(28(19(2)34)37-25-10-6-4-8-23(25)30)29(20(3)35)38-26-11-7-5-9-24(26)31/h4-11,14-20,28-29,34-35H,12-13H2,1-3H3,(H2,32,36)/t18-,19?,20?,28?,29?/m1/s1. The second-order valence-electron chi connectivity index (χ2n) is 9.25. The van der Waals surface area contributed by atoms with Crippen molar-refractivity contribution in [3.8, 4) is 11.5 Å². The number of aliphatic hydroxyl groups excluding tert-OH is 2. The zero-order valence-electron chi connectivity index (χ0n) is 21.6. The van der Waals surface area contributed by atoms with E-state index in [1.54, 1.807) is 41.3 Å². The van der Waals surface area contributed by atoms with Gasteiger partial charge in [-0.3, -0.25) is 4.79 Å². The number of hydrogen-bond donors (Lipinski definition) is 3. The number of aliphatic hydroxyl groups is 2. The number of carbonyl (C=O) groups excluding carboxylic acids is 1. The lowest BCUT2D eigenvalue weighted by molar-refractivity contribution is -0.169. The molecule has 204 valence electrons. The summed E-state index contributed by atoms with van der Waals surface area (Å²) in [4.78, 5) is 13.0. The van der Waals surface area contributed by atoms with Gasteiger partial charge >= 0.3 is 0 Å². The average molecular weight is 529 g/mol. The lowest BCUT2D eigenvalue weighted by Gasteiger charge is -2.43. The van der Waals surface area contributed by atoms with Crippen LogP contribution in [0.5, 0.6) is 11.5 Å². The number of carbonyl (C=O) groups is 1. The van der Waals surface area contributed by atoms with Crippen molar-refractivity contribution in [1.29, 1.82) is 0 Å². The molecule has 0 radical (unpaired) electrons. The number of rotatable bonds is 13. The van der Waals surface area contributed by atoms with Gasteiger partial charge in [-0.25, -0.2) is 13.7 Å². The number of amides is 1. The summed E-state index contributed by atoms with van der Waals surface area (Å²) in [7, 11) is 0. The summed E-state index contributed by atoms with van der Waals surface area (Å²) in [6, 6.07) is 18.0. The first-order valence-electron chi connectivity index (χ1n) is 12.4. The molecule has 9 heteroatoms. The van der Waals surface area contributed by atoms with Gasteiger partial charge in [-0.05, 0) is 75.6 Å². The predicted molar refractivity (Wildman–Crippen MR) is 140 cm³/mol. The van der Waals surface area contributed by atoms with Gasteiger partial charge in [-0.1, -0.05) is 36.4 Å². The Kier molecular flexibility index (Phi) is 10.2. The van der Waals surface area contributed by atoms with Gasteiger partial charge in [0.1, 0.15) is 12.2 Å². The van der Waals surface area contributed by atoms with Gasteiger partial charge in [0, 0.05) is 11.6 Å². The average Bonchev–Trinajstić information content (AvgIpc) is 2.88. The molecule has 4 N–H and O–H groups in total. The summed E-state index contributed by atoms with van der Waals surface area (Å²) in [6.07, 6.45) is -3.59. The Morgan fingerprint density at radius 2 is 1.26 bits per heavy atom. The molecule has 0 fully saturated rings. The molecule has 0 aliphatic heterocycles. The number of halogens is 2. The molecule has 0 aromatic heterocycles. The van der Waals surface area contributed by atoms with E-state index in [2.05, 4.69) is 0 Å². The van der Waals surface area contributed by atoms with E-state index in [9.17, 15) is 23.8 Å². The fraction of sp³-hybridized carbons (Fsp3) is 0.345. The van der Waals surface area contributed by atoms with Crippen LogP contribution in [0.4, 0.5) is 8.78 Å². The smallest absolute Gasteiger partial charge is 0.248 e. The first kappa shape index (κ1) is 29.0. The van der Waals surface area contributed by atoms with Crippen LogP contribution >= 0.6 is 0 Å². The molecule has 3 aromatic carbocycles. The fourth-order valence-corrected chi connectivity index (χ4v) is 4.16. The van der Waals surface area contributed by atoms with Crippen LogP contribution in [0.2, 0.25) is 0 Å². The van der Waals surface area contributed by atoms with E-state index in [0.29, 0.717) is 18.4 Å². The summed E-state index contributed by atoms with van der Waals surface area (Å²) in [5.41, 5.74) is 6.64. The van der Waals surface area contributed by atoms with Crippen LogP contribution < -0.4 is 15.2 Å². The Labute approximate surface area is 221 Å². The van der Waals surface area contributed by atoms with E-state index in [1.165, 1.54) is 50.2 Å². The maximum atomic E-state index is 14.5. The van der Waals surface area contributed by atoms with Gasteiger partial charge in [0.2, 0.25) is 5.91 Å². The maximum Gasteiger partial charge on any atom is 0.248 e. The minimum Gasteiger partial charge on any atom is -0.469 e. The highest BCUT2D eigenvalue weighted by Crippen LogP contribution is 2.28. The summed E-state index contributed by atoms with van der Waals surface area (Å²) < 4.78 is 40.9. The lowest BCUT2D eigenvalue weighted by Crippen LogP contribution is -2.60. The molecule has 4 unspecified atom stereocenters. The minimum atomic E-state index is -1.16. The Hall–Kier alpha value is -3.53. The molecule has 3 rings (SSSR count). The van der Waals surface area contributed by atoms with Crippen molar-refractivity contribution in [1.82, 2.24) is 4.90 Å². The van der Waals surface area contributed by atoms with Crippen LogP contribution in [0.15, 0.2) is 72.8 Å². The van der Waals surface area contributed by atoms with E-state index in [0.717, 1.165) is 5.56 Å². The third-order valence-electron chi connectivity index (χ3n) is 6.18. The van der Waals surface area contributed by atoms with Gasteiger partial charge in [0.15, 0.2) is 35.6 Å². The highest BCUT2D eigenvalue weighted by Gasteiger charge is 2.39. The van der Waals surface area contributed by atoms with Crippen molar-refractivity contribution < 1.29 is 33.3 Å². The number of aryl methyl sites for hydroxylation is 1. The molecular weight excluding hydrogens is 494 g/mol. The predicted octanol–water partition coefficient (Wildman–Crippen LogP) is 4.26. The molecule has 0 aliphatic rings. The maximum absolute atomic E-state index is 14.5. The van der Waals surface area contributed by atoms with Crippen LogP contribution in [-0.4, -0.2) is 51.7 Å². The molecule has 0 aliphatic carbocycles. The molecule has 3 aromatic rings. The van der Waals surface area contributed by atoms with Crippen LogP contribution in [0, 0.1) is 11.6 Å². The largest absolute Gasteiger partial charge is 0.469 e. The SMILES string of the molecule is CC(O)C(Oc1ccccc1F)N(C(Oc1ccccc1F)C(C)O)[C@H](C)CCc1ccc(C(N)=O)cc1. The number of benzene rings is 3. The van der Waals surface area contributed by atoms with E-state index < -0.39 is 48.2 Å². The van der Waals surface area contributed by atoms with E-state index >= 15 is 0 Å². The third kappa shape index (κ3) is 7.50. The number of nitrogens with two attached hydrogens (primary N) is 1. The fourth-order valence-electron chi connectivity index (χ4n) is 4.16. The van der Waals surface area contributed by atoms with Crippen LogP contribution in [0.3, 0.4) is 0 Å². The minimum absolute atomic E-state index is 0.0899. The van der Waals surface area contributed by atoms with Gasteiger partial charge in [0.25, 0.3) is 0 Å². The second kappa shape index (κ2) is 13.3. The van der Waals surface area contributed by atoms with Gasteiger partial charge < -0.3 is 25.4 Å². The van der Waals surface area contributed by atoms with Gasteiger partial charge in [0.05, 0.1) is 0 Å². The molecule has 5 atom stereocenters. The highest BCUT2D eigenvalue weighted by molar-refractivity contribution is 5.92. The molecule has 38 heavy (non-hydrogen) atoms. The molecule has 7 nitrogen and oxygen atoms in total. The molecule has 0 saturated heterocycles. The van der Waals surface area contributed by atoms with Gasteiger partial charge in [-0.2, -0.15) is 0 Å². The molecule has 0 heterocycles. The summed E-state index contributed by atoms with van der Waals surface area (Å²) >= 11 is 0. The number of primary amides is 1. The quantitative estimate of drug-likeness (QED) is 0.287. The van der Waals surface area contributed by atoms with Crippen LogP contribution in [0.25, 0.3) is 0 Å². The highest BCUT2D eigenvalue weighted by atomic mass is 19.1. The molecule has 0 spiro atoms. The van der Waals surface area contributed by atoms with Crippen molar-refractivity contribution in [2.45, 2.75) is 64.3 Å². The number of ether oxygens (including phenoxy) is 2. The van der Waals surface area contributed by atoms with E-state index in [1.807, 2.05) is 6.92 Å². The Morgan fingerprint density at radius 3 is 1.66 bits per heavy atom. The van der Waals surface area contributed by atoms with Crippen molar-refractivity contribution in [2.75, 3.05) is 0 Å². The van der Waals surface area contributed by atoms with Crippen LogP contribution in [-0.2, 0) is 6.42 Å². The topological polar surface area (TPSA) is 105 Å². The monoisotopic (exact) mass is 528 g/mol. The zero-order valence-corrected chi connectivity index (χ0v) is 21.6. The van der Waals surface area contributed by atoms with E-state index in [4.69, 9.17) is 15.2 Å². The Balaban J connectivity index is 1.95. The van der Waals surface area contributed by atoms with Gasteiger partial charge in [-0.15, -0.1) is 0 Å². The first-order valence-corrected chi connectivity index (χ1v) is 12.4. The third-order valence-corrected chi connectivity index (χ3v) is 6.18. The van der Waals surface area contributed by atoms with E-state index in [-0.39, 0.29) is 11.5 Å². The number of para-hydroxylation sites is 2. The van der Waals surface area contributed by atoms with Crippen LogP contribution in [0.1, 0.15) is 43.1 Å². The van der Waals surface area contributed by atoms with Crippen molar-refractivity contribution in [3.63, 3.8) is 0 Å². The second-order valence-corrected chi connectivity index (χ2v) is 9.25. The summed E-state index contributed by atoms with van der Waals surface area (Å²) in [5, 5.41) is 21.5. The Morgan fingerprint density at radius 1 is 0.816 bits per heavy atom. The molecule has 1 amide bonds. The molecule has 0 saturated carbocycles. The summed E-state index contributed by atoms with van der Waals surface area (Å²) in [6.45, 7) is 4.81. The Bertz CT molecular complexity index is 1130. The molecule has 0 bridgehead atoms. The number of nitrogens with zero attached hydrogens (tertiary/aromatic N) is 1. The lowest BCUT2D eigenvalue weighted by atomic mass is 10.0. The normalized spacial score (nSPS) is 15.4. The number of hydrogen-bond acceptors (Lipinski definition) is 6. The van der Waals surface area contributed by atoms with Crippen molar-refractivity contribution >= 4 is 5.91 Å². The van der Waals surface area contributed by atoms with Crippen molar-refractivity contribution in [3.05, 3.63) is 95.6 Å². The summed E-state index contributed by atoms with van der Waals surface area (Å²) in [5.74, 6) is -1.94.